The summed E-state index contributed by atoms with van der Waals surface area (Å²) in [7, 11) is -2.49. The first-order chi connectivity index (χ1) is 17.7. The number of nitrogens with one attached hydrogen (secondary N) is 1. The van der Waals surface area contributed by atoms with Crippen molar-refractivity contribution in [1.82, 2.24) is 4.31 Å². The number of unbranched alkanes of at least 4 members (excludes halogenated alkanes) is 1. The number of benzene rings is 3. The number of hydrogen-bond acceptors (Lipinski definition) is 6. The van der Waals surface area contributed by atoms with Gasteiger partial charge in [-0.05, 0) is 66.9 Å². The number of anilines is 1. The molecule has 8 nitrogen and oxygen atoms in total. The van der Waals surface area contributed by atoms with Crippen LogP contribution in [-0.2, 0) is 26.1 Å². The van der Waals surface area contributed by atoms with Gasteiger partial charge in [0.25, 0.3) is 0 Å². The van der Waals surface area contributed by atoms with Crippen LogP contribution in [0.3, 0.4) is 0 Å². The lowest BCUT2D eigenvalue weighted by atomic mass is 10.2. The van der Waals surface area contributed by atoms with Crippen LogP contribution in [0.4, 0.5) is 5.69 Å². The molecule has 1 amide bonds. The number of sulfonamides is 1. The molecule has 3 aromatic carbocycles. The van der Waals surface area contributed by atoms with Crippen molar-refractivity contribution < 1.29 is 27.5 Å². The minimum atomic E-state index is -4.01. The highest BCUT2D eigenvalue weighted by Gasteiger charge is 2.27. The van der Waals surface area contributed by atoms with E-state index in [0.717, 1.165) is 22.7 Å². The van der Waals surface area contributed by atoms with Crippen molar-refractivity contribution in [2.75, 3.05) is 25.6 Å². The summed E-state index contributed by atoms with van der Waals surface area (Å²) in [6.45, 7) is 3.74. The fourth-order valence-corrected chi connectivity index (χ4v) is 5.09. The lowest BCUT2D eigenvalue weighted by Gasteiger charge is -2.22. The average Bonchev–Trinajstić information content (AvgIpc) is 2.89. The first kappa shape index (κ1) is 27.9. The molecule has 3 aromatic rings. The molecule has 3 rings (SSSR count). The zero-order valence-corrected chi connectivity index (χ0v) is 22.1. The van der Waals surface area contributed by atoms with Gasteiger partial charge in [-0.15, -0.1) is 0 Å². The maximum Gasteiger partial charge on any atom is 0.338 e. The van der Waals surface area contributed by atoms with E-state index in [1.54, 1.807) is 49.4 Å². The van der Waals surface area contributed by atoms with Gasteiger partial charge in [0.15, 0.2) is 0 Å². The fraction of sp³-hybridized carbons (Fsp3) is 0.286. The molecule has 0 bridgehead atoms. The van der Waals surface area contributed by atoms with E-state index in [-0.39, 0.29) is 11.4 Å². The molecule has 0 aromatic heterocycles. The number of nitrogens with zero attached hydrogens (tertiary/aromatic N) is 1. The monoisotopic (exact) mass is 524 g/mol. The molecule has 0 aliphatic rings. The SMILES string of the molecule is CCCCOC(=O)c1ccc(NC(=O)CN(Cc2ccccc2)S(=O)(=O)c2ccc(OC)c(C)c2)cc1. The molecule has 0 saturated heterocycles. The van der Waals surface area contributed by atoms with Gasteiger partial charge in [0.1, 0.15) is 5.75 Å². The molecule has 0 heterocycles. The minimum absolute atomic E-state index is 0.0181. The van der Waals surface area contributed by atoms with Crippen molar-refractivity contribution in [3.63, 3.8) is 0 Å². The maximum atomic E-state index is 13.6. The van der Waals surface area contributed by atoms with Crippen LogP contribution >= 0.6 is 0 Å². The van der Waals surface area contributed by atoms with Gasteiger partial charge < -0.3 is 14.8 Å². The highest BCUT2D eigenvalue weighted by Crippen LogP contribution is 2.25. The Morgan fingerprint density at radius 2 is 1.68 bits per heavy atom. The Morgan fingerprint density at radius 3 is 2.30 bits per heavy atom. The fourth-order valence-electron chi connectivity index (χ4n) is 3.62. The molecule has 0 fully saturated rings. The Hall–Kier alpha value is -3.69. The summed E-state index contributed by atoms with van der Waals surface area (Å²) in [6, 6.07) is 19.9. The molecule has 9 heteroatoms. The van der Waals surface area contributed by atoms with E-state index < -0.39 is 28.4 Å². The van der Waals surface area contributed by atoms with E-state index in [4.69, 9.17) is 9.47 Å². The van der Waals surface area contributed by atoms with Gasteiger partial charge in [-0.1, -0.05) is 43.7 Å². The molecular formula is C28H32N2O6S. The van der Waals surface area contributed by atoms with Crippen molar-refractivity contribution in [3.05, 3.63) is 89.5 Å². The second-order valence-electron chi connectivity index (χ2n) is 8.51. The zero-order valence-electron chi connectivity index (χ0n) is 21.3. The number of aryl methyl sites for hydroxylation is 1. The highest BCUT2D eigenvalue weighted by atomic mass is 32.2. The van der Waals surface area contributed by atoms with Crippen LogP contribution in [0.5, 0.6) is 5.75 Å². The molecule has 0 aliphatic heterocycles. The van der Waals surface area contributed by atoms with Crippen molar-refractivity contribution in [1.29, 1.82) is 0 Å². The predicted molar refractivity (Wildman–Crippen MR) is 142 cm³/mol. The number of rotatable bonds is 12. The lowest BCUT2D eigenvalue weighted by molar-refractivity contribution is -0.116. The van der Waals surface area contributed by atoms with E-state index in [1.807, 2.05) is 25.1 Å². The Labute approximate surface area is 218 Å². The number of amides is 1. The number of hydrogen-bond donors (Lipinski definition) is 1. The van der Waals surface area contributed by atoms with E-state index in [1.165, 1.54) is 19.2 Å². The Kier molecular flexibility index (Phi) is 9.82. The maximum absolute atomic E-state index is 13.6. The van der Waals surface area contributed by atoms with E-state index in [9.17, 15) is 18.0 Å². The second kappa shape index (κ2) is 13.0. The topological polar surface area (TPSA) is 102 Å². The van der Waals surface area contributed by atoms with Gasteiger partial charge in [0.2, 0.25) is 15.9 Å². The third-order valence-electron chi connectivity index (χ3n) is 5.66. The third kappa shape index (κ3) is 7.65. The first-order valence-electron chi connectivity index (χ1n) is 12.0. The molecule has 196 valence electrons. The Morgan fingerprint density at radius 1 is 0.973 bits per heavy atom. The van der Waals surface area contributed by atoms with Crippen molar-refractivity contribution in [2.45, 2.75) is 38.1 Å². The van der Waals surface area contributed by atoms with Crippen molar-refractivity contribution >= 4 is 27.6 Å². The van der Waals surface area contributed by atoms with E-state index in [2.05, 4.69) is 5.32 Å². The van der Waals surface area contributed by atoms with Gasteiger partial charge in [0, 0.05) is 12.2 Å². The van der Waals surface area contributed by atoms with Crippen LogP contribution in [0.2, 0.25) is 0 Å². The van der Waals surface area contributed by atoms with Crippen LogP contribution < -0.4 is 10.1 Å². The summed E-state index contributed by atoms with van der Waals surface area (Å²) in [5.41, 5.74) is 2.22. The summed E-state index contributed by atoms with van der Waals surface area (Å²) < 4.78 is 38.7. The molecular weight excluding hydrogens is 492 g/mol. The normalized spacial score (nSPS) is 11.2. The van der Waals surface area contributed by atoms with Crippen molar-refractivity contribution in [2.24, 2.45) is 0 Å². The number of carbonyl (C=O) groups is 2. The van der Waals surface area contributed by atoms with Crippen LogP contribution in [0.1, 0.15) is 41.3 Å². The summed E-state index contributed by atoms with van der Waals surface area (Å²) >= 11 is 0. The summed E-state index contributed by atoms with van der Waals surface area (Å²) in [6.07, 6.45) is 1.71. The van der Waals surface area contributed by atoms with Crippen LogP contribution in [0.15, 0.2) is 77.7 Å². The Bertz CT molecular complexity index is 1310. The molecule has 0 atom stereocenters. The van der Waals surface area contributed by atoms with Crippen molar-refractivity contribution in [3.8, 4) is 5.75 Å². The number of esters is 1. The second-order valence-corrected chi connectivity index (χ2v) is 10.4. The molecule has 1 N–H and O–H groups in total. The van der Waals surface area contributed by atoms with Crippen LogP contribution in [-0.4, -0.2) is 44.9 Å². The van der Waals surface area contributed by atoms with Crippen LogP contribution in [0, 0.1) is 6.92 Å². The molecule has 0 aliphatic carbocycles. The standard InChI is InChI=1S/C28H32N2O6S/c1-4-5-17-36-28(32)23-11-13-24(14-12-23)29-27(31)20-30(19-22-9-7-6-8-10-22)37(33,34)25-15-16-26(35-3)21(2)18-25/h6-16,18H,4-5,17,19-20H2,1-3H3,(H,29,31). The first-order valence-corrected chi connectivity index (χ1v) is 13.4. The van der Waals surface area contributed by atoms with Crippen LogP contribution in [0.25, 0.3) is 0 Å². The predicted octanol–water partition coefficient (Wildman–Crippen LogP) is 4.79. The quantitative estimate of drug-likeness (QED) is 0.270. The highest BCUT2D eigenvalue weighted by molar-refractivity contribution is 7.89. The average molecular weight is 525 g/mol. The number of methoxy groups -OCH3 is 1. The zero-order chi connectivity index (χ0) is 26.8. The van der Waals surface area contributed by atoms with E-state index in [0.29, 0.717) is 29.2 Å². The molecule has 0 unspecified atom stereocenters. The summed E-state index contributed by atoms with van der Waals surface area (Å²) in [5, 5.41) is 2.71. The van der Waals surface area contributed by atoms with Gasteiger partial charge in [-0.3, -0.25) is 4.79 Å². The van der Waals surface area contributed by atoms with Gasteiger partial charge in [0.05, 0.1) is 30.7 Å². The summed E-state index contributed by atoms with van der Waals surface area (Å²) in [4.78, 5) is 25.1. The molecule has 37 heavy (non-hydrogen) atoms. The number of ether oxygens (including phenoxy) is 2. The number of carbonyl (C=O) groups excluding carboxylic acids is 2. The molecule has 0 radical (unpaired) electrons. The largest absolute Gasteiger partial charge is 0.496 e. The third-order valence-corrected chi connectivity index (χ3v) is 7.45. The molecule has 0 saturated carbocycles. The minimum Gasteiger partial charge on any atom is -0.496 e. The molecule has 0 spiro atoms. The van der Waals surface area contributed by atoms with E-state index >= 15 is 0 Å². The lowest BCUT2D eigenvalue weighted by Crippen LogP contribution is -2.37. The Balaban J connectivity index is 1.77. The van der Waals surface area contributed by atoms with Gasteiger partial charge in [-0.2, -0.15) is 4.31 Å². The smallest absolute Gasteiger partial charge is 0.338 e. The summed E-state index contributed by atoms with van der Waals surface area (Å²) in [5.74, 6) is -0.367. The van der Waals surface area contributed by atoms with Gasteiger partial charge >= 0.3 is 5.97 Å². The van der Waals surface area contributed by atoms with Gasteiger partial charge in [-0.25, -0.2) is 13.2 Å².